The van der Waals surface area contributed by atoms with Gasteiger partial charge < -0.3 is 10.3 Å². The second-order valence-corrected chi connectivity index (χ2v) is 5.06. The Hall–Kier alpha value is -2.14. The molecule has 3 aromatic rings. The molecule has 1 aromatic carbocycles. The van der Waals surface area contributed by atoms with Gasteiger partial charge in [0.05, 0.1) is 6.54 Å². The summed E-state index contributed by atoms with van der Waals surface area (Å²) in [6.45, 7) is 0.749. The van der Waals surface area contributed by atoms with Crippen LogP contribution in [0.4, 0.5) is 5.13 Å². The van der Waals surface area contributed by atoms with E-state index in [2.05, 4.69) is 26.7 Å². The minimum Gasteiger partial charge on any atom is -0.375 e. The summed E-state index contributed by atoms with van der Waals surface area (Å²) in [5.41, 5.74) is 6.75. The van der Waals surface area contributed by atoms with Crippen LogP contribution in [-0.2, 0) is 6.54 Å². The third-order valence-corrected chi connectivity index (χ3v) is 3.46. The Labute approximate surface area is 109 Å². The molecule has 0 spiro atoms. The number of thiazole rings is 1. The number of anilines is 1. The van der Waals surface area contributed by atoms with Crippen LogP contribution in [0.25, 0.3) is 11.4 Å². The van der Waals surface area contributed by atoms with Crippen molar-refractivity contribution in [1.82, 2.24) is 14.5 Å². The second kappa shape index (κ2) is 4.62. The molecule has 0 aliphatic rings. The lowest BCUT2D eigenvalue weighted by atomic mass is 10.2. The van der Waals surface area contributed by atoms with Crippen molar-refractivity contribution in [3.8, 4) is 11.4 Å². The predicted molar refractivity (Wildman–Crippen MR) is 73.3 cm³/mol. The molecule has 0 amide bonds. The molecule has 5 heteroatoms. The number of nitrogen functional groups attached to an aromatic ring is 1. The number of hydrogen-bond donors (Lipinski definition) is 1. The highest BCUT2D eigenvalue weighted by Gasteiger charge is 2.07. The van der Waals surface area contributed by atoms with Gasteiger partial charge in [-0.1, -0.05) is 30.3 Å². The van der Waals surface area contributed by atoms with Crippen LogP contribution in [0.2, 0.25) is 0 Å². The molecule has 0 bridgehead atoms. The minimum absolute atomic E-state index is 0.603. The van der Waals surface area contributed by atoms with Gasteiger partial charge in [-0.15, -0.1) is 11.3 Å². The van der Waals surface area contributed by atoms with Crippen LogP contribution in [0.1, 0.15) is 4.88 Å². The second-order valence-electron chi connectivity index (χ2n) is 3.91. The maximum atomic E-state index is 5.64. The van der Waals surface area contributed by atoms with Crippen LogP contribution < -0.4 is 5.73 Å². The average molecular weight is 256 g/mol. The number of imidazole rings is 1. The summed E-state index contributed by atoms with van der Waals surface area (Å²) in [4.78, 5) is 9.59. The fourth-order valence-electron chi connectivity index (χ4n) is 1.85. The van der Waals surface area contributed by atoms with Crippen LogP contribution in [0, 0.1) is 0 Å². The van der Waals surface area contributed by atoms with Crippen LogP contribution >= 0.6 is 11.3 Å². The van der Waals surface area contributed by atoms with Gasteiger partial charge in [-0.25, -0.2) is 9.97 Å². The molecule has 0 atom stereocenters. The van der Waals surface area contributed by atoms with Gasteiger partial charge >= 0.3 is 0 Å². The lowest BCUT2D eigenvalue weighted by Gasteiger charge is -2.05. The Bertz CT molecular complexity index is 642. The van der Waals surface area contributed by atoms with E-state index in [-0.39, 0.29) is 0 Å². The van der Waals surface area contributed by atoms with E-state index in [1.165, 1.54) is 11.3 Å². The zero-order valence-corrected chi connectivity index (χ0v) is 10.5. The fraction of sp³-hybridized carbons (Fsp3) is 0.0769. The highest BCUT2D eigenvalue weighted by molar-refractivity contribution is 7.15. The van der Waals surface area contributed by atoms with Crippen molar-refractivity contribution >= 4 is 16.5 Å². The molecule has 90 valence electrons. The summed E-state index contributed by atoms with van der Waals surface area (Å²) in [7, 11) is 0. The Balaban J connectivity index is 1.93. The molecule has 0 fully saturated rings. The lowest BCUT2D eigenvalue weighted by molar-refractivity contribution is 0.818. The van der Waals surface area contributed by atoms with E-state index >= 15 is 0 Å². The molecule has 0 saturated carbocycles. The van der Waals surface area contributed by atoms with Crippen molar-refractivity contribution in [2.45, 2.75) is 6.54 Å². The van der Waals surface area contributed by atoms with Gasteiger partial charge in [0.15, 0.2) is 5.13 Å². The molecule has 2 heterocycles. The van der Waals surface area contributed by atoms with E-state index in [1.807, 2.05) is 36.8 Å². The maximum absolute atomic E-state index is 5.64. The van der Waals surface area contributed by atoms with Crippen LogP contribution in [0.3, 0.4) is 0 Å². The summed E-state index contributed by atoms with van der Waals surface area (Å²) in [6, 6.07) is 10.1. The first-order chi connectivity index (χ1) is 8.83. The molecule has 0 aliphatic carbocycles. The fourth-order valence-corrected chi connectivity index (χ4v) is 2.53. The number of nitrogens with two attached hydrogens (primary N) is 1. The quantitative estimate of drug-likeness (QED) is 0.783. The monoisotopic (exact) mass is 256 g/mol. The molecule has 0 radical (unpaired) electrons. The average Bonchev–Trinajstić information content (AvgIpc) is 3.00. The zero-order chi connectivity index (χ0) is 12.4. The predicted octanol–water partition coefficient (Wildman–Crippen LogP) is 2.64. The summed E-state index contributed by atoms with van der Waals surface area (Å²) < 4.78 is 2.10. The van der Waals surface area contributed by atoms with Crippen LogP contribution in [0.15, 0.2) is 48.9 Å². The first-order valence-corrected chi connectivity index (χ1v) is 6.41. The van der Waals surface area contributed by atoms with E-state index in [0.717, 1.165) is 22.8 Å². The van der Waals surface area contributed by atoms with Gasteiger partial charge in [0.2, 0.25) is 0 Å². The largest absolute Gasteiger partial charge is 0.375 e. The van der Waals surface area contributed by atoms with E-state index in [4.69, 9.17) is 5.73 Å². The van der Waals surface area contributed by atoms with E-state index in [0.29, 0.717) is 5.13 Å². The number of hydrogen-bond acceptors (Lipinski definition) is 4. The van der Waals surface area contributed by atoms with Crippen molar-refractivity contribution in [3.63, 3.8) is 0 Å². The number of benzene rings is 1. The van der Waals surface area contributed by atoms with Crippen molar-refractivity contribution < 1.29 is 0 Å². The van der Waals surface area contributed by atoms with Gasteiger partial charge in [-0.2, -0.15) is 0 Å². The van der Waals surface area contributed by atoms with Crippen molar-refractivity contribution in [2.24, 2.45) is 0 Å². The Morgan fingerprint density at radius 2 is 2.00 bits per heavy atom. The minimum atomic E-state index is 0.603. The molecule has 0 aliphatic heterocycles. The first kappa shape index (κ1) is 11.0. The van der Waals surface area contributed by atoms with Crippen molar-refractivity contribution in [3.05, 3.63) is 53.8 Å². The maximum Gasteiger partial charge on any atom is 0.180 e. The highest BCUT2D eigenvalue weighted by Crippen LogP contribution is 2.21. The van der Waals surface area contributed by atoms with Crippen molar-refractivity contribution in [2.75, 3.05) is 5.73 Å². The Morgan fingerprint density at radius 3 is 2.72 bits per heavy atom. The van der Waals surface area contributed by atoms with E-state index in [1.54, 1.807) is 0 Å². The standard InChI is InChI=1S/C13H12N4S/c14-13-16-8-11(18-13)9-17-7-6-15-12(17)10-4-2-1-3-5-10/h1-8H,9H2,(H2,14,16). The Kier molecular flexibility index (Phi) is 2.82. The molecular weight excluding hydrogens is 244 g/mol. The third-order valence-electron chi connectivity index (χ3n) is 2.65. The molecule has 2 N–H and O–H groups in total. The number of aromatic nitrogens is 3. The molecule has 0 unspecified atom stereocenters. The normalized spacial score (nSPS) is 10.7. The topological polar surface area (TPSA) is 56.7 Å². The number of rotatable bonds is 3. The van der Waals surface area contributed by atoms with E-state index in [9.17, 15) is 0 Å². The highest BCUT2D eigenvalue weighted by atomic mass is 32.1. The van der Waals surface area contributed by atoms with E-state index < -0.39 is 0 Å². The summed E-state index contributed by atoms with van der Waals surface area (Å²) >= 11 is 1.51. The van der Waals surface area contributed by atoms with Crippen LogP contribution in [-0.4, -0.2) is 14.5 Å². The molecular formula is C13H12N4S. The van der Waals surface area contributed by atoms with Crippen molar-refractivity contribution in [1.29, 1.82) is 0 Å². The van der Waals surface area contributed by atoms with Crippen LogP contribution in [0.5, 0.6) is 0 Å². The molecule has 2 aromatic heterocycles. The smallest absolute Gasteiger partial charge is 0.180 e. The molecule has 0 saturated heterocycles. The van der Waals surface area contributed by atoms with Gasteiger partial charge in [0, 0.05) is 29.0 Å². The third kappa shape index (κ3) is 2.12. The molecule has 18 heavy (non-hydrogen) atoms. The van der Waals surface area contributed by atoms with Gasteiger partial charge in [-0.05, 0) is 0 Å². The summed E-state index contributed by atoms with van der Waals surface area (Å²) in [6.07, 6.45) is 5.60. The van der Waals surface area contributed by atoms with Gasteiger partial charge in [0.25, 0.3) is 0 Å². The lowest BCUT2D eigenvalue weighted by Crippen LogP contribution is -1.99. The SMILES string of the molecule is Nc1ncc(Cn2ccnc2-c2ccccc2)s1. The Morgan fingerprint density at radius 1 is 1.17 bits per heavy atom. The number of nitrogens with zero attached hydrogens (tertiary/aromatic N) is 3. The van der Waals surface area contributed by atoms with Gasteiger partial charge in [0.1, 0.15) is 5.82 Å². The summed E-state index contributed by atoms with van der Waals surface area (Å²) in [5.74, 6) is 0.961. The zero-order valence-electron chi connectivity index (χ0n) is 9.65. The summed E-state index contributed by atoms with van der Waals surface area (Å²) in [5, 5.41) is 0.603. The molecule has 3 rings (SSSR count). The van der Waals surface area contributed by atoms with Gasteiger partial charge in [-0.3, -0.25) is 0 Å². The molecule has 4 nitrogen and oxygen atoms in total. The first-order valence-electron chi connectivity index (χ1n) is 5.59.